The normalized spacial score (nSPS) is 10.7. The number of nitrogens with zero attached hydrogens (tertiary/aromatic N) is 1. The number of nitrogens with one attached hydrogen (secondary N) is 2. The van der Waals surface area contributed by atoms with Gasteiger partial charge in [0.2, 0.25) is 0 Å². The van der Waals surface area contributed by atoms with E-state index in [1.54, 1.807) is 0 Å². The molecule has 0 aromatic carbocycles. The summed E-state index contributed by atoms with van der Waals surface area (Å²) in [5.41, 5.74) is 2.39. The van der Waals surface area contributed by atoms with Crippen molar-refractivity contribution in [3.63, 3.8) is 0 Å². The van der Waals surface area contributed by atoms with Crippen LogP contribution in [0.25, 0.3) is 0 Å². The number of H-pyrrole nitrogens is 1. The summed E-state index contributed by atoms with van der Waals surface area (Å²) in [6.45, 7) is 4.36. The molecule has 0 aliphatic heterocycles. The number of hydrogen-bond donors (Lipinski definition) is 2. The van der Waals surface area contributed by atoms with Gasteiger partial charge in [-0.1, -0.05) is 13.8 Å². The van der Waals surface area contributed by atoms with Gasteiger partial charge in [-0.15, -0.1) is 0 Å². The number of aryl methyl sites for hydroxylation is 1. The molecule has 1 rings (SSSR count). The molecule has 1 aromatic rings. The van der Waals surface area contributed by atoms with Crippen molar-refractivity contribution in [3.05, 3.63) is 17.5 Å². The molecule has 0 saturated carbocycles. The Morgan fingerprint density at radius 1 is 1.60 bits per heavy atom. The molecule has 0 aliphatic carbocycles. The van der Waals surface area contributed by atoms with Crippen LogP contribution in [0.4, 0.5) is 0 Å². The van der Waals surface area contributed by atoms with Crippen LogP contribution in [-0.4, -0.2) is 23.2 Å². The van der Waals surface area contributed by atoms with Crippen molar-refractivity contribution < 1.29 is 4.74 Å². The van der Waals surface area contributed by atoms with Crippen molar-refractivity contribution in [2.45, 2.75) is 33.1 Å². The van der Waals surface area contributed by atoms with Gasteiger partial charge >= 0.3 is 0 Å². The lowest BCUT2D eigenvalue weighted by Gasteiger charge is -2.05. The van der Waals surface area contributed by atoms with Crippen LogP contribution < -0.4 is 0 Å². The molecule has 84 valence electrons. The smallest absolute Gasteiger partial charge is 0.180 e. The Kier molecular flexibility index (Phi) is 4.34. The summed E-state index contributed by atoms with van der Waals surface area (Å²) in [5.74, 6) is 0.942. The predicted molar refractivity (Wildman–Crippen MR) is 60.2 cm³/mol. The van der Waals surface area contributed by atoms with Crippen molar-refractivity contribution in [2.75, 3.05) is 7.11 Å². The second-order valence-electron chi connectivity index (χ2n) is 4.10. The quantitative estimate of drug-likeness (QED) is 0.576. The van der Waals surface area contributed by atoms with E-state index in [0.717, 1.165) is 12.8 Å². The lowest BCUT2D eigenvalue weighted by atomic mass is 10.0. The first-order chi connectivity index (χ1) is 7.13. The molecule has 0 unspecified atom stereocenters. The van der Waals surface area contributed by atoms with E-state index in [-0.39, 0.29) is 0 Å². The maximum Gasteiger partial charge on any atom is 0.180 e. The lowest BCUT2D eigenvalue weighted by molar-refractivity contribution is 0.386. The third-order valence-electron chi connectivity index (χ3n) is 2.29. The molecule has 2 N–H and O–H groups in total. The largest absolute Gasteiger partial charge is 0.484 e. The average molecular weight is 209 g/mol. The van der Waals surface area contributed by atoms with Gasteiger partial charge in [0, 0.05) is 12.1 Å². The topological polar surface area (TPSA) is 61.8 Å². The van der Waals surface area contributed by atoms with Crippen molar-refractivity contribution in [2.24, 2.45) is 5.92 Å². The highest BCUT2D eigenvalue weighted by atomic mass is 16.5. The summed E-state index contributed by atoms with van der Waals surface area (Å²) in [6.07, 6.45) is 4.32. The van der Waals surface area contributed by atoms with Crippen molar-refractivity contribution >= 4 is 5.90 Å². The van der Waals surface area contributed by atoms with Crippen molar-refractivity contribution in [1.29, 1.82) is 5.41 Å². The Bertz CT molecular complexity index is 317. The molecule has 0 atom stereocenters. The van der Waals surface area contributed by atoms with Gasteiger partial charge in [0.05, 0.1) is 13.3 Å². The molecule has 0 amide bonds. The van der Waals surface area contributed by atoms with E-state index in [2.05, 4.69) is 24.0 Å². The molecule has 0 spiro atoms. The zero-order valence-electron chi connectivity index (χ0n) is 9.63. The number of ether oxygens (including phenoxy) is 1. The predicted octanol–water partition coefficient (Wildman–Crippen LogP) is 2.16. The van der Waals surface area contributed by atoms with Crippen LogP contribution >= 0.6 is 0 Å². The molecule has 0 radical (unpaired) electrons. The minimum absolute atomic E-state index is 0.326. The van der Waals surface area contributed by atoms with E-state index >= 15 is 0 Å². The van der Waals surface area contributed by atoms with Gasteiger partial charge in [-0.2, -0.15) is 5.10 Å². The zero-order valence-corrected chi connectivity index (χ0v) is 9.63. The van der Waals surface area contributed by atoms with Gasteiger partial charge in [-0.05, 0) is 24.3 Å². The molecule has 15 heavy (non-hydrogen) atoms. The minimum atomic E-state index is 0.326. The van der Waals surface area contributed by atoms with Crippen LogP contribution in [0.5, 0.6) is 0 Å². The van der Waals surface area contributed by atoms with Gasteiger partial charge < -0.3 is 4.74 Å². The first-order valence-corrected chi connectivity index (χ1v) is 5.26. The third kappa shape index (κ3) is 3.73. The highest BCUT2D eigenvalue weighted by molar-refractivity contribution is 5.72. The molecule has 0 aliphatic rings. The number of rotatable bonds is 5. The summed E-state index contributed by atoms with van der Waals surface area (Å²) >= 11 is 0. The monoisotopic (exact) mass is 209 g/mol. The Morgan fingerprint density at radius 3 is 2.93 bits per heavy atom. The number of aromatic amines is 1. The van der Waals surface area contributed by atoms with Crippen LogP contribution in [0.1, 0.15) is 31.5 Å². The van der Waals surface area contributed by atoms with Gasteiger partial charge in [0.1, 0.15) is 0 Å². The van der Waals surface area contributed by atoms with Crippen LogP contribution in [0, 0.1) is 11.3 Å². The Balaban J connectivity index is 2.53. The Labute approximate surface area is 90.5 Å². The van der Waals surface area contributed by atoms with Crippen LogP contribution in [0.3, 0.4) is 0 Å². The SMILES string of the molecule is COC(=N)CCc1cn[nH]c1CC(C)C. The summed E-state index contributed by atoms with van der Waals surface area (Å²) in [7, 11) is 1.53. The van der Waals surface area contributed by atoms with Gasteiger partial charge in [0.25, 0.3) is 0 Å². The highest BCUT2D eigenvalue weighted by Crippen LogP contribution is 2.12. The fourth-order valence-electron chi connectivity index (χ4n) is 1.49. The summed E-state index contributed by atoms with van der Waals surface area (Å²) in [6, 6.07) is 0. The van der Waals surface area contributed by atoms with Crippen LogP contribution in [0.2, 0.25) is 0 Å². The zero-order chi connectivity index (χ0) is 11.3. The maximum absolute atomic E-state index is 7.40. The van der Waals surface area contributed by atoms with Gasteiger partial charge in [-0.3, -0.25) is 10.5 Å². The standard InChI is InChI=1S/C11H19N3O/c1-8(2)6-10-9(7-13-14-10)4-5-11(12)15-3/h7-8,12H,4-6H2,1-3H3,(H,13,14). The first kappa shape index (κ1) is 11.8. The molecule has 0 fully saturated rings. The first-order valence-electron chi connectivity index (χ1n) is 5.26. The molecule has 4 heteroatoms. The molecule has 0 saturated heterocycles. The van der Waals surface area contributed by atoms with E-state index < -0.39 is 0 Å². The highest BCUT2D eigenvalue weighted by Gasteiger charge is 2.08. The molecule has 0 bridgehead atoms. The van der Waals surface area contributed by atoms with E-state index in [1.165, 1.54) is 18.4 Å². The van der Waals surface area contributed by atoms with E-state index in [0.29, 0.717) is 18.2 Å². The van der Waals surface area contributed by atoms with E-state index in [1.807, 2.05) is 6.20 Å². The Hall–Kier alpha value is -1.32. The van der Waals surface area contributed by atoms with Crippen LogP contribution in [-0.2, 0) is 17.6 Å². The van der Waals surface area contributed by atoms with Crippen LogP contribution in [0.15, 0.2) is 6.20 Å². The van der Waals surface area contributed by atoms with E-state index in [4.69, 9.17) is 10.1 Å². The Morgan fingerprint density at radius 2 is 2.33 bits per heavy atom. The number of aromatic nitrogens is 2. The lowest BCUT2D eigenvalue weighted by Crippen LogP contribution is -2.03. The summed E-state index contributed by atoms with van der Waals surface area (Å²) < 4.78 is 4.82. The average Bonchev–Trinajstić information content (AvgIpc) is 2.61. The molecular formula is C11H19N3O. The van der Waals surface area contributed by atoms with Crippen molar-refractivity contribution in [1.82, 2.24) is 10.2 Å². The molecule has 1 heterocycles. The molecule has 4 nitrogen and oxygen atoms in total. The maximum atomic E-state index is 7.40. The third-order valence-corrected chi connectivity index (χ3v) is 2.29. The fourth-order valence-corrected chi connectivity index (χ4v) is 1.49. The van der Waals surface area contributed by atoms with E-state index in [9.17, 15) is 0 Å². The minimum Gasteiger partial charge on any atom is -0.484 e. The molecule has 1 aromatic heterocycles. The summed E-state index contributed by atoms with van der Waals surface area (Å²) in [4.78, 5) is 0. The second kappa shape index (κ2) is 5.53. The number of hydrogen-bond acceptors (Lipinski definition) is 3. The van der Waals surface area contributed by atoms with Gasteiger partial charge in [-0.25, -0.2) is 0 Å². The summed E-state index contributed by atoms with van der Waals surface area (Å²) in [5, 5.41) is 14.5. The van der Waals surface area contributed by atoms with Crippen molar-refractivity contribution in [3.8, 4) is 0 Å². The molecular weight excluding hydrogens is 190 g/mol. The fraction of sp³-hybridized carbons (Fsp3) is 0.636. The van der Waals surface area contributed by atoms with Gasteiger partial charge in [0.15, 0.2) is 5.90 Å². The second-order valence-corrected chi connectivity index (χ2v) is 4.10. The number of methoxy groups -OCH3 is 1.